The molecular weight excluding hydrogens is 246 g/mol. The van der Waals surface area contributed by atoms with E-state index in [4.69, 9.17) is 15.2 Å². The van der Waals surface area contributed by atoms with Gasteiger partial charge < -0.3 is 15.2 Å². The number of ether oxygens (including phenoxy) is 2. The Hall–Kier alpha value is -0.740. The van der Waals surface area contributed by atoms with Crippen LogP contribution in [0, 0.1) is 0 Å². The summed E-state index contributed by atoms with van der Waals surface area (Å²) >= 11 is 3.35. The van der Waals surface area contributed by atoms with E-state index in [-0.39, 0.29) is 6.10 Å². The van der Waals surface area contributed by atoms with Crippen molar-refractivity contribution in [1.29, 1.82) is 0 Å². The van der Waals surface area contributed by atoms with Crippen molar-refractivity contribution < 1.29 is 9.47 Å². The first-order valence-corrected chi connectivity index (χ1v) is 5.13. The van der Waals surface area contributed by atoms with Gasteiger partial charge in [0.2, 0.25) is 0 Å². The van der Waals surface area contributed by atoms with Crippen molar-refractivity contribution in [3.05, 3.63) is 22.7 Å². The number of hydrogen-bond donors (Lipinski definition) is 1. The first-order valence-electron chi connectivity index (χ1n) is 4.33. The second-order valence-electron chi connectivity index (χ2n) is 3.10. The Morgan fingerprint density at radius 1 is 1.43 bits per heavy atom. The van der Waals surface area contributed by atoms with Crippen molar-refractivity contribution >= 4 is 21.6 Å². The molecule has 0 amide bonds. The molecule has 1 aromatic rings. The molecule has 78 valence electrons. The zero-order chi connectivity index (χ0) is 10.6. The second kappa shape index (κ2) is 5.22. The van der Waals surface area contributed by atoms with Crippen molar-refractivity contribution in [2.45, 2.75) is 13.0 Å². The van der Waals surface area contributed by atoms with E-state index in [0.717, 1.165) is 10.2 Å². The van der Waals surface area contributed by atoms with E-state index in [0.29, 0.717) is 12.3 Å². The zero-order valence-corrected chi connectivity index (χ0v) is 9.87. The molecule has 0 aliphatic heterocycles. The quantitative estimate of drug-likeness (QED) is 0.845. The SMILES string of the molecule is COCC(C)Oc1cc(N)cc(Br)c1. The van der Waals surface area contributed by atoms with Crippen LogP contribution in [-0.4, -0.2) is 19.8 Å². The van der Waals surface area contributed by atoms with Crippen LogP contribution in [0.15, 0.2) is 22.7 Å². The fraction of sp³-hybridized carbons (Fsp3) is 0.400. The van der Waals surface area contributed by atoms with Crippen LogP contribution in [0.2, 0.25) is 0 Å². The zero-order valence-electron chi connectivity index (χ0n) is 8.29. The summed E-state index contributed by atoms with van der Waals surface area (Å²) in [6.07, 6.45) is 0.0219. The van der Waals surface area contributed by atoms with Crippen LogP contribution >= 0.6 is 15.9 Å². The van der Waals surface area contributed by atoms with Crippen molar-refractivity contribution in [1.82, 2.24) is 0 Å². The third-order valence-electron chi connectivity index (χ3n) is 1.63. The molecule has 0 radical (unpaired) electrons. The van der Waals surface area contributed by atoms with E-state index in [1.807, 2.05) is 19.1 Å². The highest BCUT2D eigenvalue weighted by molar-refractivity contribution is 9.10. The van der Waals surface area contributed by atoms with E-state index in [2.05, 4.69) is 15.9 Å². The largest absolute Gasteiger partial charge is 0.488 e. The Bertz CT molecular complexity index is 284. The average molecular weight is 260 g/mol. The number of nitrogen functional groups attached to an aromatic ring is 1. The number of methoxy groups -OCH3 is 1. The number of nitrogens with two attached hydrogens (primary N) is 1. The van der Waals surface area contributed by atoms with Crippen LogP contribution in [0.5, 0.6) is 5.75 Å². The maximum absolute atomic E-state index is 5.67. The van der Waals surface area contributed by atoms with E-state index in [1.165, 1.54) is 0 Å². The van der Waals surface area contributed by atoms with Crippen LogP contribution in [0.1, 0.15) is 6.92 Å². The smallest absolute Gasteiger partial charge is 0.123 e. The summed E-state index contributed by atoms with van der Waals surface area (Å²) in [6, 6.07) is 5.49. The van der Waals surface area contributed by atoms with Gasteiger partial charge in [0.05, 0.1) is 6.61 Å². The van der Waals surface area contributed by atoms with Crippen molar-refractivity contribution in [2.75, 3.05) is 19.5 Å². The van der Waals surface area contributed by atoms with Gasteiger partial charge in [0, 0.05) is 23.3 Å². The molecule has 0 saturated carbocycles. The van der Waals surface area contributed by atoms with Crippen molar-refractivity contribution in [3.63, 3.8) is 0 Å². The first kappa shape index (κ1) is 11.3. The van der Waals surface area contributed by atoms with E-state index < -0.39 is 0 Å². The molecule has 0 aliphatic rings. The fourth-order valence-corrected chi connectivity index (χ4v) is 1.64. The Kier molecular flexibility index (Phi) is 4.22. The summed E-state index contributed by atoms with van der Waals surface area (Å²) in [5.74, 6) is 0.751. The van der Waals surface area contributed by atoms with Gasteiger partial charge in [-0.3, -0.25) is 0 Å². The monoisotopic (exact) mass is 259 g/mol. The summed E-state index contributed by atoms with van der Waals surface area (Å²) in [4.78, 5) is 0. The molecule has 0 aromatic heterocycles. The predicted octanol–water partition coefficient (Wildman–Crippen LogP) is 2.45. The van der Waals surface area contributed by atoms with Crippen LogP contribution in [0.25, 0.3) is 0 Å². The normalized spacial score (nSPS) is 12.5. The summed E-state index contributed by atoms with van der Waals surface area (Å²) in [5, 5.41) is 0. The van der Waals surface area contributed by atoms with Gasteiger partial charge in [-0.25, -0.2) is 0 Å². The number of hydrogen-bond acceptors (Lipinski definition) is 3. The van der Waals surface area contributed by atoms with Gasteiger partial charge in [0.25, 0.3) is 0 Å². The maximum atomic E-state index is 5.67. The highest BCUT2D eigenvalue weighted by Crippen LogP contribution is 2.23. The molecule has 0 saturated heterocycles. The molecule has 1 unspecified atom stereocenters. The molecule has 0 fully saturated rings. The first-order chi connectivity index (χ1) is 6.61. The fourth-order valence-electron chi connectivity index (χ4n) is 1.15. The summed E-state index contributed by atoms with van der Waals surface area (Å²) in [5.41, 5.74) is 6.35. The molecule has 1 aromatic carbocycles. The second-order valence-corrected chi connectivity index (χ2v) is 4.02. The van der Waals surface area contributed by atoms with Gasteiger partial charge in [0.1, 0.15) is 11.9 Å². The minimum atomic E-state index is 0.0219. The molecule has 3 nitrogen and oxygen atoms in total. The summed E-state index contributed by atoms with van der Waals surface area (Å²) < 4.78 is 11.5. The highest BCUT2D eigenvalue weighted by atomic mass is 79.9. The van der Waals surface area contributed by atoms with Gasteiger partial charge in [-0.1, -0.05) is 15.9 Å². The number of anilines is 1. The summed E-state index contributed by atoms with van der Waals surface area (Å²) in [7, 11) is 1.65. The van der Waals surface area contributed by atoms with Gasteiger partial charge in [-0.15, -0.1) is 0 Å². The molecule has 2 N–H and O–H groups in total. The number of rotatable bonds is 4. The van der Waals surface area contributed by atoms with Crippen molar-refractivity contribution in [3.8, 4) is 5.75 Å². The van der Waals surface area contributed by atoms with Crippen molar-refractivity contribution in [2.24, 2.45) is 0 Å². The van der Waals surface area contributed by atoms with Gasteiger partial charge in [-0.2, -0.15) is 0 Å². The number of benzene rings is 1. The standard InChI is InChI=1S/C10H14BrNO2/c1-7(6-13-2)14-10-4-8(11)3-9(12)5-10/h3-5,7H,6,12H2,1-2H3. The molecule has 0 spiro atoms. The van der Waals surface area contributed by atoms with Gasteiger partial charge in [0.15, 0.2) is 0 Å². The maximum Gasteiger partial charge on any atom is 0.123 e. The lowest BCUT2D eigenvalue weighted by atomic mass is 10.3. The van der Waals surface area contributed by atoms with Crippen LogP contribution in [-0.2, 0) is 4.74 Å². The third-order valence-corrected chi connectivity index (χ3v) is 2.09. The van der Waals surface area contributed by atoms with Gasteiger partial charge in [-0.05, 0) is 19.1 Å². The molecule has 4 heteroatoms. The molecule has 14 heavy (non-hydrogen) atoms. The third kappa shape index (κ3) is 3.55. The van der Waals surface area contributed by atoms with Crippen LogP contribution < -0.4 is 10.5 Å². The molecular formula is C10H14BrNO2. The minimum Gasteiger partial charge on any atom is -0.488 e. The Morgan fingerprint density at radius 3 is 2.71 bits per heavy atom. The molecule has 0 heterocycles. The van der Waals surface area contributed by atoms with E-state index in [9.17, 15) is 0 Å². The lowest BCUT2D eigenvalue weighted by molar-refractivity contribution is 0.0921. The average Bonchev–Trinajstić information content (AvgIpc) is 2.01. The molecule has 1 rings (SSSR count). The molecule has 1 atom stereocenters. The lowest BCUT2D eigenvalue weighted by Gasteiger charge is -2.14. The summed E-state index contributed by atoms with van der Waals surface area (Å²) in [6.45, 7) is 2.51. The Labute approximate surface area is 92.3 Å². The Balaban J connectivity index is 2.66. The topological polar surface area (TPSA) is 44.5 Å². The van der Waals surface area contributed by atoms with Crippen LogP contribution in [0.3, 0.4) is 0 Å². The minimum absolute atomic E-state index is 0.0219. The highest BCUT2D eigenvalue weighted by Gasteiger charge is 2.04. The molecule has 0 aliphatic carbocycles. The predicted molar refractivity (Wildman–Crippen MR) is 60.5 cm³/mol. The van der Waals surface area contributed by atoms with E-state index in [1.54, 1.807) is 13.2 Å². The van der Waals surface area contributed by atoms with E-state index >= 15 is 0 Å². The molecule has 0 bridgehead atoms. The lowest BCUT2D eigenvalue weighted by Crippen LogP contribution is -2.17. The Morgan fingerprint density at radius 2 is 2.14 bits per heavy atom. The number of halogens is 1. The van der Waals surface area contributed by atoms with Gasteiger partial charge >= 0.3 is 0 Å². The van der Waals surface area contributed by atoms with Crippen LogP contribution in [0.4, 0.5) is 5.69 Å².